The standard InChI is InChI=1S/C24H28N2O2S/c27-15-4-16-29-23-8-7-20(22(25-23)17-19-5-2-1-3-6-19)9-12-24(28)18-26-13-10-21(24)11-14-26/h1-3,5-8,21,27-28H,4,10-11,13-18H2. The second-order valence-corrected chi connectivity index (χ2v) is 9.07. The van der Waals surface area contributed by atoms with Crippen molar-refractivity contribution in [2.24, 2.45) is 5.92 Å². The van der Waals surface area contributed by atoms with Gasteiger partial charge in [0.25, 0.3) is 0 Å². The van der Waals surface area contributed by atoms with E-state index in [1.54, 1.807) is 11.8 Å². The minimum atomic E-state index is -0.908. The van der Waals surface area contributed by atoms with Crippen LogP contribution in [-0.2, 0) is 6.42 Å². The molecule has 5 rings (SSSR count). The molecule has 3 saturated heterocycles. The van der Waals surface area contributed by atoms with E-state index in [9.17, 15) is 5.11 Å². The van der Waals surface area contributed by atoms with Crippen molar-refractivity contribution < 1.29 is 10.2 Å². The molecule has 0 aliphatic carbocycles. The number of aliphatic hydroxyl groups is 2. The predicted molar refractivity (Wildman–Crippen MR) is 117 cm³/mol. The molecule has 4 heterocycles. The Balaban J connectivity index is 1.60. The van der Waals surface area contributed by atoms with Crippen LogP contribution in [0.4, 0.5) is 0 Å². The van der Waals surface area contributed by atoms with Gasteiger partial charge in [0.05, 0.1) is 10.7 Å². The number of benzene rings is 1. The fourth-order valence-electron chi connectivity index (χ4n) is 4.20. The maximum absolute atomic E-state index is 11.1. The maximum Gasteiger partial charge on any atom is 0.141 e. The van der Waals surface area contributed by atoms with Crippen molar-refractivity contribution in [3.8, 4) is 11.8 Å². The van der Waals surface area contributed by atoms with Crippen molar-refractivity contribution >= 4 is 11.8 Å². The molecule has 3 aliphatic rings. The number of aliphatic hydroxyl groups excluding tert-OH is 1. The average molecular weight is 409 g/mol. The van der Waals surface area contributed by atoms with E-state index >= 15 is 0 Å². The van der Waals surface area contributed by atoms with Crippen molar-refractivity contribution in [3.05, 3.63) is 59.3 Å². The van der Waals surface area contributed by atoms with E-state index in [0.29, 0.717) is 13.0 Å². The fraction of sp³-hybridized carbons (Fsp3) is 0.458. The van der Waals surface area contributed by atoms with Crippen LogP contribution in [0.2, 0.25) is 0 Å². The van der Waals surface area contributed by atoms with Gasteiger partial charge >= 0.3 is 0 Å². The summed E-state index contributed by atoms with van der Waals surface area (Å²) < 4.78 is 0. The van der Waals surface area contributed by atoms with Gasteiger partial charge in [0.1, 0.15) is 5.60 Å². The predicted octanol–water partition coefficient (Wildman–Crippen LogP) is 2.96. The molecule has 152 valence electrons. The topological polar surface area (TPSA) is 56.6 Å². The van der Waals surface area contributed by atoms with Gasteiger partial charge in [-0.3, -0.25) is 4.90 Å². The van der Waals surface area contributed by atoms with Crippen LogP contribution < -0.4 is 0 Å². The Morgan fingerprint density at radius 2 is 1.93 bits per heavy atom. The first kappa shape index (κ1) is 20.4. The highest BCUT2D eigenvalue weighted by atomic mass is 32.2. The summed E-state index contributed by atoms with van der Waals surface area (Å²) in [6, 6.07) is 14.3. The zero-order valence-corrected chi connectivity index (χ0v) is 17.5. The van der Waals surface area contributed by atoms with Crippen LogP contribution in [-0.4, -0.2) is 57.7 Å². The molecule has 1 unspecified atom stereocenters. The lowest BCUT2D eigenvalue weighted by atomic mass is 9.75. The molecule has 0 saturated carbocycles. The summed E-state index contributed by atoms with van der Waals surface area (Å²) in [7, 11) is 0. The second-order valence-electron chi connectivity index (χ2n) is 7.96. The fourth-order valence-corrected chi connectivity index (χ4v) is 5.02. The SMILES string of the molecule is OCCCSc1ccc(C#CC2(O)CN3CCC2CC3)c(Cc2ccccc2)n1. The molecule has 1 atom stereocenters. The molecule has 1 aromatic carbocycles. The third-order valence-corrected chi connectivity index (χ3v) is 6.87. The molecule has 2 bridgehead atoms. The lowest BCUT2D eigenvalue weighted by Crippen LogP contribution is -2.58. The molecule has 5 heteroatoms. The highest BCUT2D eigenvalue weighted by Gasteiger charge is 2.44. The quantitative estimate of drug-likeness (QED) is 0.437. The van der Waals surface area contributed by atoms with Crippen LogP contribution >= 0.6 is 11.8 Å². The van der Waals surface area contributed by atoms with Crippen LogP contribution in [0, 0.1) is 17.8 Å². The zero-order valence-electron chi connectivity index (χ0n) is 16.7. The molecular formula is C24H28N2O2S. The number of aromatic nitrogens is 1. The molecule has 2 N–H and O–H groups in total. The summed E-state index contributed by atoms with van der Waals surface area (Å²) >= 11 is 1.66. The first-order valence-corrected chi connectivity index (χ1v) is 11.4. The molecule has 29 heavy (non-hydrogen) atoms. The van der Waals surface area contributed by atoms with E-state index in [2.05, 4.69) is 28.9 Å². The zero-order chi connectivity index (χ0) is 20.1. The number of hydrogen-bond donors (Lipinski definition) is 2. The Labute approximate surface area is 177 Å². The largest absolute Gasteiger partial charge is 0.396 e. The van der Waals surface area contributed by atoms with Gasteiger partial charge < -0.3 is 10.2 Å². The molecule has 4 nitrogen and oxygen atoms in total. The average Bonchev–Trinajstić information content (AvgIpc) is 2.75. The van der Waals surface area contributed by atoms with E-state index in [4.69, 9.17) is 10.1 Å². The Morgan fingerprint density at radius 3 is 2.62 bits per heavy atom. The van der Waals surface area contributed by atoms with Crippen LogP contribution in [0.15, 0.2) is 47.5 Å². The Kier molecular flexibility index (Phi) is 6.56. The van der Waals surface area contributed by atoms with Crippen LogP contribution in [0.25, 0.3) is 0 Å². The van der Waals surface area contributed by atoms with Gasteiger partial charge in [-0.05, 0) is 50.0 Å². The van der Waals surface area contributed by atoms with Gasteiger partial charge in [-0.15, -0.1) is 11.8 Å². The molecular weight excluding hydrogens is 380 g/mol. The van der Waals surface area contributed by atoms with Gasteiger partial charge in [-0.25, -0.2) is 4.98 Å². The third kappa shape index (κ3) is 5.02. The second kappa shape index (κ2) is 9.32. The first-order valence-electron chi connectivity index (χ1n) is 10.4. The molecule has 3 fully saturated rings. The summed E-state index contributed by atoms with van der Waals surface area (Å²) in [4.78, 5) is 7.18. The van der Waals surface area contributed by atoms with Crippen molar-refractivity contribution in [3.63, 3.8) is 0 Å². The summed E-state index contributed by atoms with van der Waals surface area (Å²) in [5, 5.41) is 21.1. The van der Waals surface area contributed by atoms with Crippen LogP contribution in [0.3, 0.4) is 0 Å². The van der Waals surface area contributed by atoms with Crippen molar-refractivity contribution in [1.82, 2.24) is 9.88 Å². The van der Waals surface area contributed by atoms with Crippen molar-refractivity contribution in [2.75, 3.05) is 32.0 Å². The van der Waals surface area contributed by atoms with Crippen LogP contribution in [0.5, 0.6) is 0 Å². The maximum atomic E-state index is 11.1. The number of piperidine rings is 3. The smallest absolute Gasteiger partial charge is 0.141 e. The molecule has 3 aliphatic heterocycles. The Hall–Kier alpha value is -1.84. The minimum absolute atomic E-state index is 0.199. The third-order valence-electron chi connectivity index (χ3n) is 5.86. The number of thioether (sulfide) groups is 1. The summed E-state index contributed by atoms with van der Waals surface area (Å²) in [5.74, 6) is 7.63. The summed E-state index contributed by atoms with van der Waals surface area (Å²) in [6.45, 7) is 3.01. The number of rotatable bonds is 6. The van der Waals surface area contributed by atoms with Crippen LogP contribution in [0.1, 0.15) is 36.1 Å². The van der Waals surface area contributed by atoms with Crippen molar-refractivity contribution in [1.29, 1.82) is 0 Å². The Morgan fingerprint density at radius 1 is 1.14 bits per heavy atom. The lowest BCUT2D eigenvalue weighted by Gasteiger charge is -2.47. The first-order chi connectivity index (χ1) is 14.2. The number of hydrogen-bond acceptors (Lipinski definition) is 5. The number of fused-ring (bicyclic) bond motifs is 3. The highest BCUT2D eigenvalue weighted by Crippen LogP contribution is 2.35. The normalized spacial score (nSPS) is 25.4. The molecule has 0 radical (unpaired) electrons. The van der Waals surface area contributed by atoms with Gasteiger partial charge in [-0.2, -0.15) is 0 Å². The number of pyridine rings is 1. The van der Waals surface area contributed by atoms with E-state index in [0.717, 1.165) is 54.4 Å². The highest BCUT2D eigenvalue weighted by molar-refractivity contribution is 7.99. The molecule has 0 spiro atoms. The van der Waals surface area contributed by atoms with E-state index in [1.165, 1.54) is 5.56 Å². The monoisotopic (exact) mass is 408 g/mol. The van der Waals surface area contributed by atoms with Gasteiger partial charge in [0.15, 0.2) is 0 Å². The van der Waals surface area contributed by atoms with Gasteiger partial charge in [0.2, 0.25) is 0 Å². The summed E-state index contributed by atoms with van der Waals surface area (Å²) in [5.41, 5.74) is 2.13. The van der Waals surface area contributed by atoms with Crippen molar-refractivity contribution in [2.45, 2.75) is 36.3 Å². The van der Waals surface area contributed by atoms with Gasteiger partial charge in [0, 0.05) is 36.8 Å². The minimum Gasteiger partial charge on any atom is -0.396 e. The van der Waals surface area contributed by atoms with E-state index in [-0.39, 0.29) is 12.5 Å². The molecule has 0 amide bonds. The Bertz CT molecular complexity index is 885. The summed E-state index contributed by atoms with van der Waals surface area (Å²) in [6.07, 6.45) is 3.53. The van der Waals surface area contributed by atoms with E-state index < -0.39 is 5.60 Å². The molecule has 2 aromatic rings. The van der Waals surface area contributed by atoms with E-state index in [1.807, 2.05) is 30.3 Å². The molecule has 1 aromatic heterocycles. The van der Waals surface area contributed by atoms with Gasteiger partial charge in [-0.1, -0.05) is 42.2 Å². The lowest BCUT2D eigenvalue weighted by molar-refractivity contribution is -0.0713. The number of nitrogens with zero attached hydrogens (tertiary/aromatic N) is 2.